The molecule has 2 heterocycles. The summed E-state index contributed by atoms with van der Waals surface area (Å²) in [4.78, 5) is 22.4. The molecule has 2 aromatic carbocycles. The summed E-state index contributed by atoms with van der Waals surface area (Å²) in [6, 6.07) is 12.5. The molecule has 41 heavy (non-hydrogen) atoms. The van der Waals surface area contributed by atoms with Crippen LogP contribution in [0.2, 0.25) is 0 Å². The summed E-state index contributed by atoms with van der Waals surface area (Å²) in [6.45, 7) is 6.11. The average molecular weight is 605 g/mol. The third-order valence-electron chi connectivity index (χ3n) is 7.44. The number of rotatable bonds is 6. The second kappa shape index (κ2) is 9.80. The highest BCUT2D eigenvalue weighted by Gasteiger charge is 2.80. The normalized spacial score (nSPS) is 17.2. The minimum atomic E-state index is -5.67. The van der Waals surface area contributed by atoms with Gasteiger partial charge in [0.2, 0.25) is 0 Å². The number of carbonyl (C=O) groups is 2. The lowest BCUT2D eigenvalue weighted by molar-refractivity contribution is -0.254. The second-order valence-electron chi connectivity index (χ2n) is 9.93. The first-order valence-electron chi connectivity index (χ1n) is 12.4. The third-order valence-corrected chi connectivity index (χ3v) is 9.89. The molecule has 10 heteroatoms. The Morgan fingerprint density at radius 2 is 0.878 bits per heavy atom. The summed E-state index contributed by atoms with van der Waals surface area (Å²) in [5, 5.41) is 0. The first kappa shape index (κ1) is 29.0. The SMILES string of the molecule is Cc1sc(C2=C(c3sc(C)c(-c4ccc(C=O)cc4)c3C)C(F)(F)C(F)(F)C2(F)F)c(C)c1-c1ccc(C=O)cc1. The number of benzene rings is 2. The average Bonchev–Trinajstić information content (AvgIpc) is 3.42. The van der Waals surface area contributed by atoms with Crippen LogP contribution in [0.5, 0.6) is 0 Å². The minimum Gasteiger partial charge on any atom is -0.298 e. The van der Waals surface area contributed by atoms with Gasteiger partial charge in [-0.2, -0.15) is 26.3 Å². The van der Waals surface area contributed by atoms with Crippen LogP contribution < -0.4 is 0 Å². The Morgan fingerprint density at radius 3 is 1.17 bits per heavy atom. The Kier molecular flexibility index (Phi) is 6.94. The monoisotopic (exact) mass is 604 g/mol. The van der Waals surface area contributed by atoms with Crippen LogP contribution in [0, 0.1) is 27.7 Å². The number of thiophene rings is 2. The zero-order chi connectivity index (χ0) is 30.1. The van der Waals surface area contributed by atoms with Crippen molar-refractivity contribution in [3.8, 4) is 22.3 Å². The molecule has 0 spiro atoms. The summed E-state index contributed by atoms with van der Waals surface area (Å²) in [5.74, 6) is -16.0. The van der Waals surface area contributed by atoms with Crippen molar-refractivity contribution in [1.82, 2.24) is 0 Å². The number of alkyl halides is 6. The zero-order valence-electron chi connectivity index (χ0n) is 22.2. The van der Waals surface area contributed by atoms with Crippen molar-refractivity contribution in [3.05, 3.63) is 90.3 Å². The minimum absolute atomic E-state index is 0.169. The van der Waals surface area contributed by atoms with Gasteiger partial charge < -0.3 is 0 Å². The van der Waals surface area contributed by atoms with E-state index in [1.807, 2.05) is 0 Å². The van der Waals surface area contributed by atoms with E-state index in [0.29, 0.717) is 55.7 Å². The molecule has 4 aromatic rings. The smallest absolute Gasteiger partial charge is 0.298 e. The van der Waals surface area contributed by atoms with Gasteiger partial charge in [0, 0.05) is 30.6 Å². The maximum atomic E-state index is 15.6. The lowest BCUT2D eigenvalue weighted by Gasteiger charge is -2.25. The third kappa shape index (κ3) is 4.14. The highest BCUT2D eigenvalue weighted by atomic mass is 32.1. The second-order valence-corrected chi connectivity index (χ2v) is 12.4. The molecule has 2 aromatic heterocycles. The maximum Gasteiger partial charge on any atom is 0.380 e. The van der Waals surface area contributed by atoms with Crippen LogP contribution in [0.25, 0.3) is 33.4 Å². The van der Waals surface area contributed by atoms with Crippen LogP contribution >= 0.6 is 22.7 Å². The van der Waals surface area contributed by atoms with Crippen molar-refractivity contribution in [2.45, 2.75) is 45.5 Å². The molecule has 0 saturated carbocycles. The van der Waals surface area contributed by atoms with Crippen molar-refractivity contribution in [2.75, 3.05) is 0 Å². The van der Waals surface area contributed by atoms with Gasteiger partial charge in [-0.05, 0) is 61.1 Å². The molecule has 1 aliphatic carbocycles. The van der Waals surface area contributed by atoms with Crippen LogP contribution in [-0.2, 0) is 0 Å². The molecule has 2 nitrogen and oxygen atoms in total. The van der Waals surface area contributed by atoms with Crippen molar-refractivity contribution in [2.24, 2.45) is 0 Å². The summed E-state index contributed by atoms with van der Waals surface area (Å²) in [5.41, 5.74) is 0.348. The predicted molar refractivity (Wildman–Crippen MR) is 151 cm³/mol. The summed E-state index contributed by atoms with van der Waals surface area (Å²) >= 11 is 1.52. The van der Waals surface area contributed by atoms with E-state index >= 15 is 26.3 Å². The fourth-order valence-electron chi connectivity index (χ4n) is 5.43. The Labute approximate surface area is 240 Å². The molecule has 0 bridgehead atoms. The summed E-state index contributed by atoms with van der Waals surface area (Å²) in [7, 11) is 0. The van der Waals surface area contributed by atoms with Gasteiger partial charge in [-0.1, -0.05) is 48.5 Å². The van der Waals surface area contributed by atoms with E-state index in [4.69, 9.17) is 0 Å². The van der Waals surface area contributed by atoms with E-state index in [-0.39, 0.29) is 20.9 Å². The Morgan fingerprint density at radius 1 is 0.561 bits per heavy atom. The summed E-state index contributed by atoms with van der Waals surface area (Å²) < 4.78 is 92.6. The van der Waals surface area contributed by atoms with Crippen LogP contribution in [-0.4, -0.2) is 30.3 Å². The highest BCUT2D eigenvalue weighted by Crippen LogP contribution is 2.67. The maximum absolute atomic E-state index is 15.6. The van der Waals surface area contributed by atoms with Gasteiger partial charge in [-0.25, -0.2) is 0 Å². The molecule has 0 fully saturated rings. The molecule has 0 aliphatic heterocycles. The number of aldehydes is 2. The van der Waals surface area contributed by atoms with Crippen LogP contribution in [0.3, 0.4) is 0 Å². The van der Waals surface area contributed by atoms with Crippen molar-refractivity contribution in [1.29, 1.82) is 0 Å². The quantitative estimate of drug-likeness (QED) is 0.162. The molecule has 1 aliphatic rings. The number of aryl methyl sites for hydroxylation is 2. The van der Waals surface area contributed by atoms with E-state index in [1.54, 1.807) is 38.1 Å². The van der Waals surface area contributed by atoms with Crippen LogP contribution in [0.15, 0.2) is 48.5 Å². The molecular formula is C31H22F6O2S2. The first-order chi connectivity index (χ1) is 19.2. The van der Waals surface area contributed by atoms with Crippen LogP contribution in [0.1, 0.15) is 51.4 Å². The van der Waals surface area contributed by atoms with Crippen molar-refractivity contribution >= 4 is 46.4 Å². The van der Waals surface area contributed by atoms with Crippen molar-refractivity contribution in [3.63, 3.8) is 0 Å². The van der Waals surface area contributed by atoms with Gasteiger partial charge in [0.1, 0.15) is 12.6 Å². The molecule has 0 atom stereocenters. The highest BCUT2D eigenvalue weighted by molar-refractivity contribution is 7.15. The molecule has 5 rings (SSSR count). The van der Waals surface area contributed by atoms with Gasteiger partial charge in [0.15, 0.2) is 0 Å². The molecule has 0 unspecified atom stereocenters. The first-order valence-corrected chi connectivity index (χ1v) is 14.0. The van der Waals surface area contributed by atoms with E-state index in [9.17, 15) is 9.59 Å². The van der Waals surface area contributed by atoms with Gasteiger partial charge in [0.25, 0.3) is 0 Å². The number of hydrogen-bond donors (Lipinski definition) is 0. The summed E-state index contributed by atoms with van der Waals surface area (Å²) in [6.07, 6.45) is 1.28. The van der Waals surface area contributed by atoms with E-state index in [0.717, 1.165) is 22.7 Å². The van der Waals surface area contributed by atoms with E-state index < -0.39 is 28.9 Å². The topological polar surface area (TPSA) is 34.1 Å². The molecule has 212 valence electrons. The Hall–Kier alpha value is -3.50. The zero-order valence-corrected chi connectivity index (χ0v) is 23.8. The molecule has 0 N–H and O–H groups in total. The molecular weight excluding hydrogens is 582 g/mol. The fraction of sp³-hybridized carbons (Fsp3) is 0.226. The molecule has 0 amide bonds. The number of hydrogen-bond acceptors (Lipinski definition) is 4. The predicted octanol–water partition coefficient (Wildman–Crippen LogP) is 9.83. The van der Waals surface area contributed by atoms with E-state index in [1.165, 1.54) is 38.1 Å². The standard InChI is InChI=1S/C31H22F6O2S2/c1-15-23(21-9-5-19(13-38)6-10-21)17(3)40-27(15)25-26(30(34,35)31(36,37)29(25,32)33)28-16(2)24(18(4)41-28)22-11-7-20(14-39)8-12-22/h5-14H,1-4H3. The number of halogens is 6. The van der Waals surface area contributed by atoms with Gasteiger partial charge in [-0.15, -0.1) is 22.7 Å². The number of carbonyl (C=O) groups excluding carboxylic acids is 2. The largest absolute Gasteiger partial charge is 0.380 e. The number of allylic oxidation sites excluding steroid dienone is 2. The van der Waals surface area contributed by atoms with E-state index in [2.05, 4.69) is 0 Å². The van der Waals surface area contributed by atoms with Gasteiger partial charge in [-0.3, -0.25) is 9.59 Å². The lowest BCUT2D eigenvalue weighted by atomic mass is 9.94. The Balaban J connectivity index is 1.80. The van der Waals surface area contributed by atoms with Crippen LogP contribution in [0.4, 0.5) is 26.3 Å². The lowest BCUT2D eigenvalue weighted by Crippen LogP contribution is -2.48. The Bertz CT molecular complexity index is 1600. The van der Waals surface area contributed by atoms with Gasteiger partial charge >= 0.3 is 17.8 Å². The molecule has 0 saturated heterocycles. The fourth-order valence-corrected chi connectivity index (χ4v) is 7.96. The molecule has 0 radical (unpaired) electrons. The van der Waals surface area contributed by atoms with Crippen molar-refractivity contribution < 1.29 is 35.9 Å². The van der Waals surface area contributed by atoms with Gasteiger partial charge in [0.05, 0.1) is 11.1 Å².